The largest absolute Gasteiger partial charge is 0.468 e. The molecule has 1 aliphatic heterocycles. The molecule has 0 aliphatic carbocycles. The van der Waals surface area contributed by atoms with E-state index in [2.05, 4.69) is 4.74 Å². The average molecular weight is 311 g/mol. The molecule has 1 fully saturated rings. The predicted octanol–water partition coefficient (Wildman–Crippen LogP) is 1.10. The Morgan fingerprint density at radius 3 is 2.38 bits per heavy atom. The molecule has 114 valence electrons. The number of methoxy groups -OCH3 is 1. The summed E-state index contributed by atoms with van der Waals surface area (Å²) in [5.41, 5.74) is -0.520. The van der Waals surface area contributed by atoms with Gasteiger partial charge in [0.25, 0.3) is 15.9 Å². The molecule has 21 heavy (non-hydrogen) atoms. The average Bonchev–Trinajstić information content (AvgIpc) is 2.76. The van der Waals surface area contributed by atoms with E-state index in [0.717, 1.165) is 9.87 Å². The van der Waals surface area contributed by atoms with Crippen LogP contribution in [0, 0.1) is 12.3 Å². The number of esters is 1. The van der Waals surface area contributed by atoms with Crippen molar-refractivity contribution in [3.05, 3.63) is 29.8 Å². The Bertz CT molecular complexity index is 680. The molecule has 0 bridgehead atoms. The standard InChI is InChI=1S/C14H17NO5S/c1-10-4-6-11(7-5-10)21(18,19)15-9-8-14(2,12(15)16)13(17)20-3/h4-7H,8-9H2,1-3H3/t14-/m1/s1. The van der Waals surface area contributed by atoms with Crippen LogP contribution in [0.5, 0.6) is 0 Å². The predicted molar refractivity (Wildman–Crippen MR) is 74.8 cm³/mol. The number of nitrogens with zero attached hydrogens (tertiary/aromatic N) is 1. The van der Waals surface area contributed by atoms with Gasteiger partial charge in [-0.1, -0.05) is 17.7 Å². The van der Waals surface area contributed by atoms with Crippen LogP contribution in [0.2, 0.25) is 0 Å². The van der Waals surface area contributed by atoms with Gasteiger partial charge in [-0.25, -0.2) is 12.7 Å². The fourth-order valence-corrected chi connectivity index (χ4v) is 3.78. The molecule has 0 N–H and O–H groups in total. The SMILES string of the molecule is COC(=O)[C@]1(C)CCN(S(=O)(=O)c2ccc(C)cc2)C1=O. The maximum atomic E-state index is 12.5. The zero-order valence-corrected chi connectivity index (χ0v) is 12.9. The van der Waals surface area contributed by atoms with Crippen LogP contribution < -0.4 is 0 Å². The third-order valence-corrected chi connectivity index (χ3v) is 5.55. The number of hydrogen-bond acceptors (Lipinski definition) is 5. The van der Waals surface area contributed by atoms with Gasteiger partial charge in [0.15, 0.2) is 0 Å². The van der Waals surface area contributed by atoms with Crippen LogP contribution in [-0.4, -0.2) is 38.3 Å². The molecular weight excluding hydrogens is 294 g/mol. The number of amides is 1. The third-order valence-electron chi connectivity index (χ3n) is 3.76. The minimum atomic E-state index is -3.94. The minimum absolute atomic E-state index is 0.0271. The van der Waals surface area contributed by atoms with Crippen LogP contribution >= 0.6 is 0 Å². The van der Waals surface area contributed by atoms with Gasteiger partial charge in [-0.3, -0.25) is 9.59 Å². The first kappa shape index (κ1) is 15.5. The number of rotatable bonds is 3. The normalized spacial score (nSPS) is 22.4. The molecule has 2 rings (SSSR count). The number of hydrogen-bond donors (Lipinski definition) is 0. The fourth-order valence-electron chi connectivity index (χ4n) is 2.29. The van der Waals surface area contributed by atoms with Crippen LogP contribution in [0.3, 0.4) is 0 Å². The van der Waals surface area contributed by atoms with E-state index in [1.54, 1.807) is 12.1 Å². The van der Waals surface area contributed by atoms with E-state index in [0.29, 0.717) is 0 Å². The van der Waals surface area contributed by atoms with Crippen molar-refractivity contribution < 1.29 is 22.7 Å². The lowest BCUT2D eigenvalue weighted by Crippen LogP contribution is -2.41. The van der Waals surface area contributed by atoms with E-state index in [1.165, 1.54) is 26.2 Å². The summed E-state index contributed by atoms with van der Waals surface area (Å²) in [6, 6.07) is 6.22. The molecule has 1 amide bonds. The molecule has 1 aliphatic rings. The maximum absolute atomic E-state index is 12.5. The van der Waals surface area contributed by atoms with Crippen molar-refractivity contribution in [1.82, 2.24) is 4.31 Å². The smallest absolute Gasteiger partial charge is 0.321 e. The van der Waals surface area contributed by atoms with E-state index in [-0.39, 0.29) is 17.9 Å². The van der Waals surface area contributed by atoms with Crippen LogP contribution in [0.15, 0.2) is 29.2 Å². The van der Waals surface area contributed by atoms with Gasteiger partial charge in [0.1, 0.15) is 5.41 Å². The van der Waals surface area contributed by atoms with Gasteiger partial charge < -0.3 is 4.74 Å². The van der Waals surface area contributed by atoms with Gasteiger partial charge in [-0.2, -0.15) is 0 Å². The van der Waals surface area contributed by atoms with Crippen molar-refractivity contribution in [3.63, 3.8) is 0 Å². The first-order valence-electron chi connectivity index (χ1n) is 6.46. The topological polar surface area (TPSA) is 80.8 Å². The summed E-state index contributed by atoms with van der Waals surface area (Å²) in [5, 5.41) is 0. The summed E-state index contributed by atoms with van der Waals surface area (Å²) in [5.74, 6) is -1.45. The van der Waals surface area contributed by atoms with E-state index < -0.39 is 27.3 Å². The molecule has 1 aromatic rings. The van der Waals surface area contributed by atoms with Gasteiger partial charge >= 0.3 is 5.97 Å². The molecule has 0 saturated carbocycles. The fraction of sp³-hybridized carbons (Fsp3) is 0.429. The van der Waals surface area contributed by atoms with Crippen LogP contribution in [-0.2, 0) is 24.3 Å². The Balaban J connectivity index is 2.37. The summed E-state index contributed by atoms with van der Waals surface area (Å²) < 4.78 is 30.4. The highest BCUT2D eigenvalue weighted by atomic mass is 32.2. The van der Waals surface area contributed by atoms with E-state index in [9.17, 15) is 18.0 Å². The van der Waals surface area contributed by atoms with Gasteiger partial charge in [0.2, 0.25) is 0 Å². The Kier molecular flexibility index (Phi) is 3.79. The number of sulfonamides is 1. The van der Waals surface area contributed by atoms with Crippen molar-refractivity contribution >= 4 is 21.9 Å². The first-order chi connectivity index (χ1) is 9.73. The van der Waals surface area contributed by atoms with E-state index in [1.807, 2.05) is 6.92 Å². The van der Waals surface area contributed by atoms with Gasteiger partial charge in [0.05, 0.1) is 12.0 Å². The van der Waals surface area contributed by atoms with Crippen molar-refractivity contribution in [3.8, 4) is 0 Å². The number of aryl methyl sites for hydroxylation is 1. The third kappa shape index (κ3) is 2.42. The molecule has 0 spiro atoms. The Morgan fingerprint density at radius 1 is 1.29 bits per heavy atom. The Labute approximate surface area is 123 Å². The van der Waals surface area contributed by atoms with Crippen molar-refractivity contribution in [2.75, 3.05) is 13.7 Å². The monoisotopic (exact) mass is 311 g/mol. The summed E-state index contributed by atoms with van der Waals surface area (Å²) in [6.45, 7) is 3.22. The summed E-state index contributed by atoms with van der Waals surface area (Å²) in [6.07, 6.45) is 0.115. The molecule has 1 aromatic carbocycles. The Morgan fingerprint density at radius 2 is 1.86 bits per heavy atom. The number of carbonyl (C=O) groups is 2. The molecule has 1 heterocycles. The zero-order chi connectivity index (χ0) is 15.8. The minimum Gasteiger partial charge on any atom is -0.468 e. The maximum Gasteiger partial charge on any atom is 0.321 e. The Hall–Kier alpha value is -1.89. The second-order valence-electron chi connectivity index (χ2n) is 5.27. The number of carbonyl (C=O) groups excluding carboxylic acids is 2. The molecule has 7 heteroatoms. The second-order valence-corrected chi connectivity index (χ2v) is 7.13. The van der Waals surface area contributed by atoms with E-state index >= 15 is 0 Å². The van der Waals surface area contributed by atoms with Crippen LogP contribution in [0.4, 0.5) is 0 Å². The lowest BCUT2D eigenvalue weighted by atomic mass is 9.89. The molecule has 0 unspecified atom stereocenters. The van der Waals surface area contributed by atoms with Gasteiger partial charge in [-0.05, 0) is 32.4 Å². The lowest BCUT2D eigenvalue weighted by molar-refractivity contribution is -0.156. The zero-order valence-electron chi connectivity index (χ0n) is 12.1. The summed E-state index contributed by atoms with van der Waals surface area (Å²) in [7, 11) is -2.76. The molecule has 1 atom stereocenters. The number of ether oxygens (including phenoxy) is 1. The van der Waals surface area contributed by atoms with Crippen molar-refractivity contribution in [2.45, 2.75) is 25.2 Å². The summed E-state index contributed by atoms with van der Waals surface area (Å²) in [4.78, 5) is 24.1. The molecular formula is C14H17NO5S. The quantitative estimate of drug-likeness (QED) is 0.617. The highest BCUT2D eigenvalue weighted by Crippen LogP contribution is 2.36. The van der Waals surface area contributed by atoms with E-state index in [4.69, 9.17) is 0 Å². The van der Waals surface area contributed by atoms with Crippen LogP contribution in [0.25, 0.3) is 0 Å². The van der Waals surface area contributed by atoms with Gasteiger partial charge in [0, 0.05) is 6.54 Å². The highest BCUT2D eigenvalue weighted by molar-refractivity contribution is 7.89. The molecule has 0 radical (unpaired) electrons. The van der Waals surface area contributed by atoms with Crippen molar-refractivity contribution in [2.24, 2.45) is 5.41 Å². The van der Waals surface area contributed by atoms with Crippen molar-refractivity contribution in [1.29, 1.82) is 0 Å². The lowest BCUT2D eigenvalue weighted by Gasteiger charge is -2.21. The van der Waals surface area contributed by atoms with Gasteiger partial charge in [-0.15, -0.1) is 0 Å². The number of benzene rings is 1. The summed E-state index contributed by atoms with van der Waals surface area (Å²) >= 11 is 0. The first-order valence-corrected chi connectivity index (χ1v) is 7.90. The second kappa shape index (κ2) is 5.14. The highest BCUT2D eigenvalue weighted by Gasteiger charge is 2.53. The molecule has 1 saturated heterocycles. The van der Waals surface area contributed by atoms with Crippen LogP contribution in [0.1, 0.15) is 18.9 Å². The molecule has 0 aromatic heterocycles. The molecule has 6 nitrogen and oxygen atoms in total.